The Morgan fingerprint density at radius 3 is 2.22 bits per heavy atom. The van der Waals surface area contributed by atoms with Gasteiger partial charge in [0.1, 0.15) is 17.5 Å². The van der Waals surface area contributed by atoms with E-state index in [1.807, 2.05) is 27.7 Å². The lowest BCUT2D eigenvalue weighted by atomic mass is 10.4. The first-order valence-corrected chi connectivity index (χ1v) is 6.93. The fourth-order valence-electron chi connectivity index (χ4n) is 1.67. The topological polar surface area (TPSA) is 115 Å². The Balaban J connectivity index is 0.000000403. The van der Waals surface area contributed by atoms with Crippen LogP contribution in [0, 0.1) is 0 Å². The van der Waals surface area contributed by atoms with Crippen LogP contribution in [0.1, 0.15) is 41.2 Å². The molecular formula is C15H27N7O. The molecule has 1 aliphatic rings. The van der Waals surface area contributed by atoms with Gasteiger partial charge in [-0.2, -0.15) is 10.1 Å². The average Bonchev–Trinajstić information content (AvgIpc) is 2.38. The van der Waals surface area contributed by atoms with Crippen molar-refractivity contribution in [2.75, 3.05) is 5.73 Å². The maximum absolute atomic E-state index is 11.1. The molecule has 8 nitrogen and oxygen atoms in total. The van der Waals surface area contributed by atoms with E-state index in [1.165, 1.54) is 10.8 Å². The lowest BCUT2D eigenvalue weighted by molar-refractivity contribution is 0.296. The molecule has 0 radical (unpaired) electrons. The molecule has 0 bridgehead atoms. The molecule has 1 aromatic rings. The standard InChI is InChI=1S/C7H12N4.C7H11N3O.CH4/c1-5(2)11-6(3)10-7(8)4-9-11;1-5(2)10-4-3-6(8)9-7(10)11;/h4-5H,3H2,1-2H3,(H2,8,10);3-5H,1-2H3,(H2,8,9,11);1H4. The molecule has 1 aromatic heterocycles. The van der Waals surface area contributed by atoms with E-state index in [1.54, 1.807) is 17.3 Å². The molecule has 8 heteroatoms. The summed E-state index contributed by atoms with van der Waals surface area (Å²) < 4.78 is 1.52. The van der Waals surface area contributed by atoms with Gasteiger partial charge in [-0.25, -0.2) is 14.8 Å². The van der Waals surface area contributed by atoms with Gasteiger partial charge < -0.3 is 11.5 Å². The summed E-state index contributed by atoms with van der Waals surface area (Å²) in [5.41, 5.74) is 10.4. The number of aliphatic imine (C=N–C) groups is 1. The fraction of sp³-hybridized carbons (Fsp3) is 0.467. The van der Waals surface area contributed by atoms with Gasteiger partial charge in [-0.3, -0.25) is 4.57 Å². The lowest BCUT2D eigenvalue weighted by Crippen LogP contribution is -2.30. The van der Waals surface area contributed by atoms with Crippen LogP contribution >= 0.6 is 0 Å². The van der Waals surface area contributed by atoms with Gasteiger partial charge in [0, 0.05) is 18.3 Å². The molecule has 128 valence electrons. The van der Waals surface area contributed by atoms with Gasteiger partial charge in [0.25, 0.3) is 0 Å². The van der Waals surface area contributed by atoms with Crippen molar-refractivity contribution < 1.29 is 0 Å². The van der Waals surface area contributed by atoms with E-state index in [0.29, 0.717) is 11.7 Å². The number of rotatable bonds is 2. The molecule has 0 aliphatic carbocycles. The first-order valence-electron chi connectivity index (χ1n) is 6.93. The Morgan fingerprint density at radius 1 is 1.17 bits per heavy atom. The zero-order valence-electron chi connectivity index (χ0n) is 13.4. The number of aromatic nitrogens is 2. The highest BCUT2D eigenvalue weighted by atomic mass is 16.1. The summed E-state index contributed by atoms with van der Waals surface area (Å²) in [6, 6.07) is 2.02. The van der Waals surface area contributed by atoms with Crippen LogP contribution in [0.4, 0.5) is 5.82 Å². The van der Waals surface area contributed by atoms with Crippen molar-refractivity contribution in [1.29, 1.82) is 0 Å². The summed E-state index contributed by atoms with van der Waals surface area (Å²) in [4.78, 5) is 18.6. The number of hydrogen-bond donors (Lipinski definition) is 2. The van der Waals surface area contributed by atoms with Crippen LogP contribution in [0.25, 0.3) is 0 Å². The molecule has 4 N–H and O–H groups in total. The Kier molecular flexibility index (Phi) is 7.72. The zero-order chi connectivity index (χ0) is 16.9. The van der Waals surface area contributed by atoms with Gasteiger partial charge in [0.2, 0.25) is 0 Å². The summed E-state index contributed by atoms with van der Waals surface area (Å²) in [7, 11) is 0. The quantitative estimate of drug-likeness (QED) is 0.858. The van der Waals surface area contributed by atoms with E-state index in [4.69, 9.17) is 11.5 Å². The molecule has 0 amide bonds. The first kappa shape index (κ1) is 20.4. The largest absolute Gasteiger partial charge is 0.383 e. The highest BCUT2D eigenvalue weighted by Crippen LogP contribution is 2.11. The number of anilines is 1. The predicted molar refractivity (Wildman–Crippen MR) is 96.3 cm³/mol. The van der Waals surface area contributed by atoms with Crippen LogP contribution in [-0.2, 0) is 0 Å². The summed E-state index contributed by atoms with van der Waals surface area (Å²) in [5.74, 6) is 1.28. The minimum absolute atomic E-state index is 0. The van der Waals surface area contributed by atoms with Crippen LogP contribution < -0.4 is 17.2 Å². The Hall–Kier alpha value is -2.64. The molecule has 0 fully saturated rings. The van der Waals surface area contributed by atoms with Crippen LogP contribution in [0.5, 0.6) is 0 Å². The summed E-state index contributed by atoms with van der Waals surface area (Å²) in [6.07, 6.45) is 3.17. The summed E-state index contributed by atoms with van der Waals surface area (Å²) in [5, 5.41) is 5.76. The predicted octanol–water partition coefficient (Wildman–Crippen LogP) is 1.57. The molecule has 23 heavy (non-hydrogen) atoms. The van der Waals surface area contributed by atoms with Crippen molar-refractivity contribution in [2.45, 2.75) is 47.2 Å². The highest BCUT2D eigenvalue weighted by molar-refractivity contribution is 6.29. The molecule has 2 rings (SSSR count). The number of hydrazone groups is 1. The molecule has 0 atom stereocenters. The Labute approximate surface area is 137 Å². The van der Waals surface area contributed by atoms with Crippen molar-refractivity contribution >= 4 is 17.9 Å². The number of nitrogens with zero attached hydrogens (tertiary/aromatic N) is 5. The zero-order valence-corrected chi connectivity index (χ0v) is 13.4. The van der Waals surface area contributed by atoms with E-state index in [-0.39, 0.29) is 31.0 Å². The van der Waals surface area contributed by atoms with Crippen molar-refractivity contribution in [3.63, 3.8) is 0 Å². The monoisotopic (exact) mass is 321 g/mol. The highest BCUT2D eigenvalue weighted by Gasteiger charge is 2.12. The third kappa shape index (κ3) is 5.93. The minimum Gasteiger partial charge on any atom is -0.383 e. The van der Waals surface area contributed by atoms with E-state index >= 15 is 0 Å². The van der Waals surface area contributed by atoms with Gasteiger partial charge in [0.05, 0.1) is 6.21 Å². The second-order valence-corrected chi connectivity index (χ2v) is 5.27. The maximum Gasteiger partial charge on any atom is 0.349 e. The third-order valence-electron chi connectivity index (χ3n) is 2.73. The second kappa shape index (κ2) is 8.72. The maximum atomic E-state index is 11.1. The van der Waals surface area contributed by atoms with Crippen LogP contribution in [-0.4, -0.2) is 32.7 Å². The van der Waals surface area contributed by atoms with Crippen LogP contribution in [0.2, 0.25) is 0 Å². The van der Waals surface area contributed by atoms with Crippen molar-refractivity contribution in [2.24, 2.45) is 15.8 Å². The van der Waals surface area contributed by atoms with E-state index in [9.17, 15) is 4.79 Å². The first-order chi connectivity index (χ1) is 10.2. The SMILES string of the molecule is C.C=C1N=C(N)C=NN1C(C)C.CC(C)n1ccc(N)nc1=O. The Morgan fingerprint density at radius 2 is 1.78 bits per heavy atom. The molecule has 0 aromatic carbocycles. The van der Waals surface area contributed by atoms with E-state index in [2.05, 4.69) is 21.7 Å². The number of hydrogen-bond acceptors (Lipinski definition) is 7. The minimum atomic E-state index is -0.292. The third-order valence-corrected chi connectivity index (χ3v) is 2.73. The molecule has 1 aliphatic heterocycles. The van der Waals surface area contributed by atoms with Gasteiger partial charge >= 0.3 is 5.69 Å². The van der Waals surface area contributed by atoms with E-state index in [0.717, 1.165) is 0 Å². The van der Waals surface area contributed by atoms with E-state index < -0.39 is 0 Å². The van der Waals surface area contributed by atoms with Crippen LogP contribution in [0.3, 0.4) is 0 Å². The molecule has 2 heterocycles. The average molecular weight is 321 g/mol. The molecule has 0 spiro atoms. The number of amidine groups is 1. The summed E-state index contributed by atoms with van der Waals surface area (Å²) >= 11 is 0. The number of nitrogens with two attached hydrogens (primary N) is 2. The lowest BCUT2D eigenvalue weighted by Gasteiger charge is -2.24. The summed E-state index contributed by atoms with van der Waals surface area (Å²) in [6.45, 7) is 11.6. The van der Waals surface area contributed by atoms with Gasteiger partial charge in [-0.05, 0) is 33.8 Å². The Bertz CT molecular complexity index is 643. The van der Waals surface area contributed by atoms with Gasteiger partial charge in [-0.15, -0.1) is 0 Å². The van der Waals surface area contributed by atoms with Crippen molar-refractivity contribution in [3.05, 3.63) is 35.1 Å². The molecule has 0 saturated heterocycles. The van der Waals surface area contributed by atoms with Crippen molar-refractivity contribution in [3.8, 4) is 0 Å². The second-order valence-electron chi connectivity index (χ2n) is 5.27. The molecule has 0 saturated carbocycles. The van der Waals surface area contributed by atoms with Crippen LogP contribution in [0.15, 0.2) is 39.6 Å². The fourth-order valence-corrected chi connectivity index (χ4v) is 1.67. The number of nitrogen functional groups attached to an aromatic ring is 1. The molecular weight excluding hydrogens is 294 g/mol. The normalized spacial score (nSPS) is 13.4. The molecule has 0 unspecified atom stereocenters. The van der Waals surface area contributed by atoms with Crippen molar-refractivity contribution in [1.82, 2.24) is 14.6 Å². The van der Waals surface area contributed by atoms with Gasteiger partial charge in [0.15, 0.2) is 0 Å². The smallest absolute Gasteiger partial charge is 0.349 e. The van der Waals surface area contributed by atoms with Gasteiger partial charge in [-0.1, -0.05) is 14.0 Å².